The largest absolute Gasteiger partial charge is 0.409 e. The van der Waals surface area contributed by atoms with Gasteiger partial charge in [-0.15, -0.1) is 0 Å². The van der Waals surface area contributed by atoms with E-state index in [1.165, 1.54) is 4.31 Å². The van der Waals surface area contributed by atoms with E-state index in [9.17, 15) is 8.42 Å². The number of benzene rings is 1. The number of nitrogens with two attached hydrogens (primary N) is 1. The molecule has 0 radical (unpaired) electrons. The molecule has 0 amide bonds. The van der Waals surface area contributed by atoms with Crippen molar-refractivity contribution < 1.29 is 13.6 Å². The minimum Gasteiger partial charge on any atom is -0.409 e. The van der Waals surface area contributed by atoms with Crippen molar-refractivity contribution in [1.82, 2.24) is 4.31 Å². The van der Waals surface area contributed by atoms with E-state index in [-0.39, 0.29) is 18.1 Å². The predicted molar refractivity (Wildman–Crippen MR) is 83.7 cm³/mol. The van der Waals surface area contributed by atoms with E-state index in [0.717, 1.165) is 5.56 Å². The third-order valence-corrected chi connectivity index (χ3v) is 4.99. The summed E-state index contributed by atoms with van der Waals surface area (Å²) in [4.78, 5) is 0. The maximum Gasteiger partial charge on any atom is 0.214 e. The monoisotopic (exact) mass is 313 g/mol. The van der Waals surface area contributed by atoms with Crippen molar-refractivity contribution in [1.29, 1.82) is 0 Å². The first-order valence-corrected chi connectivity index (χ1v) is 8.38. The zero-order valence-corrected chi connectivity index (χ0v) is 13.5. The number of rotatable bonds is 7. The highest BCUT2D eigenvalue weighted by Gasteiger charge is 2.18. The third-order valence-electron chi connectivity index (χ3n) is 3.16. The fourth-order valence-corrected chi connectivity index (χ4v) is 3.21. The fraction of sp³-hybridized carbons (Fsp3) is 0.500. The Morgan fingerprint density at radius 2 is 2.10 bits per heavy atom. The molecule has 3 N–H and O–H groups in total. The van der Waals surface area contributed by atoms with Gasteiger partial charge >= 0.3 is 0 Å². The van der Waals surface area contributed by atoms with E-state index in [2.05, 4.69) is 5.16 Å². The SMILES string of the molecule is CC(C)CCS(=O)(=O)N(C)Cc1cccc(C(N)=NO)c1. The Morgan fingerprint density at radius 1 is 1.43 bits per heavy atom. The van der Waals surface area contributed by atoms with Crippen LogP contribution in [0.4, 0.5) is 0 Å². The normalized spacial score (nSPS) is 13.1. The van der Waals surface area contributed by atoms with Crippen LogP contribution in [0.2, 0.25) is 0 Å². The van der Waals surface area contributed by atoms with Gasteiger partial charge in [0.05, 0.1) is 5.75 Å². The number of sulfonamides is 1. The molecule has 0 fully saturated rings. The van der Waals surface area contributed by atoms with Crippen molar-refractivity contribution in [3.05, 3.63) is 35.4 Å². The predicted octanol–water partition coefficient (Wildman–Crippen LogP) is 1.59. The lowest BCUT2D eigenvalue weighted by Gasteiger charge is -2.18. The maximum atomic E-state index is 12.2. The summed E-state index contributed by atoms with van der Waals surface area (Å²) in [7, 11) is -1.71. The van der Waals surface area contributed by atoms with Gasteiger partial charge in [-0.3, -0.25) is 0 Å². The summed E-state index contributed by atoms with van der Waals surface area (Å²) in [6.07, 6.45) is 0.636. The molecular weight excluding hydrogens is 290 g/mol. The molecule has 0 unspecified atom stereocenters. The molecule has 0 bridgehead atoms. The van der Waals surface area contributed by atoms with Crippen LogP contribution in [0, 0.1) is 5.92 Å². The second-order valence-electron chi connectivity index (χ2n) is 5.44. The van der Waals surface area contributed by atoms with Gasteiger partial charge in [-0.1, -0.05) is 37.2 Å². The lowest BCUT2D eigenvalue weighted by atomic mass is 10.1. The topological polar surface area (TPSA) is 96.0 Å². The molecule has 1 aromatic carbocycles. The van der Waals surface area contributed by atoms with Crippen LogP contribution in [0.5, 0.6) is 0 Å². The van der Waals surface area contributed by atoms with Crippen LogP contribution >= 0.6 is 0 Å². The summed E-state index contributed by atoms with van der Waals surface area (Å²) >= 11 is 0. The van der Waals surface area contributed by atoms with E-state index < -0.39 is 10.0 Å². The number of nitrogens with zero attached hydrogens (tertiary/aromatic N) is 2. The fourth-order valence-electron chi connectivity index (χ4n) is 1.78. The standard InChI is InChI=1S/C14H23N3O3S/c1-11(2)7-8-21(19,20)17(3)10-12-5-4-6-13(9-12)14(15)16-18/h4-6,9,11,18H,7-8,10H2,1-3H3,(H2,15,16). The Morgan fingerprint density at radius 3 is 2.67 bits per heavy atom. The molecule has 21 heavy (non-hydrogen) atoms. The average molecular weight is 313 g/mol. The first-order valence-electron chi connectivity index (χ1n) is 6.77. The van der Waals surface area contributed by atoms with Crippen LogP contribution in [-0.4, -0.2) is 36.6 Å². The van der Waals surface area contributed by atoms with Gasteiger partial charge in [0, 0.05) is 19.2 Å². The highest BCUT2D eigenvalue weighted by molar-refractivity contribution is 7.89. The first kappa shape index (κ1) is 17.5. The minimum atomic E-state index is -3.27. The summed E-state index contributed by atoms with van der Waals surface area (Å²) in [5, 5.41) is 11.6. The molecule has 7 heteroatoms. The molecule has 0 aromatic heterocycles. The lowest BCUT2D eigenvalue weighted by molar-refractivity contribution is 0.318. The van der Waals surface area contributed by atoms with E-state index in [0.29, 0.717) is 17.9 Å². The van der Waals surface area contributed by atoms with Crippen LogP contribution in [-0.2, 0) is 16.6 Å². The number of hydrogen-bond donors (Lipinski definition) is 2. The van der Waals surface area contributed by atoms with Gasteiger partial charge < -0.3 is 10.9 Å². The van der Waals surface area contributed by atoms with Crippen LogP contribution in [0.1, 0.15) is 31.4 Å². The summed E-state index contributed by atoms with van der Waals surface area (Å²) < 4.78 is 25.6. The molecule has 0 aliphatic rings. The van der Waals surface area contributed by atoms with Gasteiger partial charge in [0.1, 0.15) is 0 Å². The van der Waals surface area contributed by atoms with Gasteiger partial charge in [0.2, 0.25) is 10.0 Å². The molecular formula is C14H23N3O3S. The Kier molecular flexibility index (Phi) is 6.17. The average Bonchev–Trinajstić information content (AvgIpc) is 2.44. The van der Waals surface area contributed by atoms with Crippen molar-refractivity contribution >= 4 is 15.9 Å². The zero-order chi connectivity index (χ0) is 16.0. The van der Waals surface area contributed by atoms with Crippen molar-refractivity contribution in [3.8, 4) is 0 Å². The zero-order valence-electron chi connectivity index (χ0n) is 12.7. The molecule has 0 aliphatic carbocycles. The van der Waals surface area contributed by atoms with Crippen molar-refractivity contribution in [3.63, 3.8) is 0 Å². The van der Waals surface area contributed by atoms with Crippen LogP contribution in [0.15, 0.2) is 29.4 Å². The molecule has 0 aliphatic heterocycles. The van der Waals surface area contributed by atoms with Crippen LogP contribution in [0.25, 0.3) is 0 Å². The Labute approximate surface area is 126 Å². The summed E-state index contributed by atoms with van der Waals surface area (Å²) in [5.74, 6) is 0.486. The maximum absolute atomic E-state index is 12.2. The Hall–Kier alpha value is -1.60. The molecule has 0 spiro atoms. The van der Waals surface area contributed by atoms with Gasteiger partial charge in [0.15, 0.2) is 5.84 Å². The van der Waals surface area contributed by atoms with Crippen LogP contribution in [0.3, 0.4) is 0 Å². The van der Waals surface area contributed by atoms with Gasteiger partial charge in [-0.2, -0.15) is 0 Å². The molecule has 0 saturated carbocycles. The number of hydrogen-bond acceptors (Lipinski definition) is 4. The first-order chi connectivity index (χ1) is 9.76. The lowest BCUT2D eigenvalue weighted by Crippen LogP contribution is -2.29. The van der Waals surface area contributed by atoms with Crippen molar-refractivity contribution in [2.24, 2.45) is 16.8 Å². The van der Waals surface area contributed by atoms with Crippen LogP contribution < -0.4 is 5.73 Å². The second-order valence-corrected chi connectivity index (χ2v) is 7.64. The van der Waals surface area contributed by atoms with Crippen molar-refractivity contribution in [2.75, 3.05) is 12.8 Å². The highest BCUT2D eigenvalue weighted by Crippen LogP contribution is 2.12. The summed E-state index contributed by atoms with van der Waals surface area (Å²) in [6, 6.07) is 6.97. The van der Waals surface area contributed by atoms with E-state index >= 15 is 0 Å². The summed E-state index contributed by atoms with van der Waals surface area (Å²) in [6.45, 7) is 4.25. The summed E-state index contributed by atoms with van der Waals surface area (Å²) in [5.41, 5.74) is 6.87. The molecule has 0 saturated heterocycles. The number of oxime groups is 1. The quantitative estimate of drug-likeness (QED) is 0.346. The number of amidine groups is 1. The van der Waals surface area contributed by atoms with Gasteiger partial charge in [0.25, 0.3) is 0 Å². The molecule has 0 heterocycles. The highest BCUT2D eigenvalue weighted by atomic mass is 32.2. The van der Waals surface area contributed by atoms with E-state index in [4.69, 9.17) is 10.9 Å². The Bertz CT molecular complexity index is 597. The molecule has 0 atom stereocenters. The second kappa shape index (κ2) is 7.42. The molecule has 6 nitrogen and oxygen atoms in total. The van der Waals surface area contributed by atoms with E-state index in [1.54, 1.807) is 25.2 Å². The Balaban J connectivity index is 2.81. The van der Waals surface area contributed by atoms with Gasteiger partial charge in [-0.25, -0.2) is 12.7 Å². The van der Waals surface area contributed by atoms with Crippen molar-refractivity contribution in [2.45, 2.75) is 26.8 Å². The molecule has 1 aromatic rings. The van der Waals surface area contributed by atoms with E-state index in [1.807, 2.05) is 19.9 Å². The van der Waals surface area contributed by atoms with Gasteiger partial charge in [-0.05, 0) is 24.0 Å². The smallest absolute Gasteiger partial charge is 0.214 e. The minimum absolute atomic E-state index is 0.00201. The molecule has 1 rings (SSSR count). The molecule has 118 valence electrons. The third kappa shape index (κ3) is 5.35.